The number of hydrogen-bond acceptors (Lipinski definition) is 3. The smallest absolute Gasteiger partial charge is 0.0389 e. The van der Waals surface area contributed by atoms with E-state index in [4.69, 9.17) is 5.73 Å². The van der Waals surface area contributed by atoms with Crippen molar-refractivity contribution in [3.63, 3.8) is 0 Å². The standard InChI is InChI=1S/C13H18N2S/c1-9-11-5-3-4-6-12(11)16-13(9)10(2)15-8-7-14/h3-6,10,15H,7-8,14H2,1-2H3. The summed E-state index contributed by atoms with van der Waals surface area (Å²) in [7, 11) is 0. The molecule has 2 rings (SSSR count). The minimum absolute atomic E-state index is 0.390. The first-order valence-corrected chi connectivity index (χ1v) is 6.47. The lowest BCUT2D eigenvalue weighted by molar-refractivity contribution is 0.588. The van der Waals surface area contributed by atoms with Crippen LogP contribution in [0.25, 0.3) is 10.1 Å². The maximum atomic E-state index is 5.51. The highest BCUT2D eigenvalue weighted by molar-refractivity contribution is 7.19. The zero-order chi connectivity index (χ0) is 11.5. The van der Waals surface area contributed by atoms with Gasteiger partial charge in [-0.15, -0.1) is 11.3 Å². The van der Waals surface area contributed by atoms with Gasteiger partial charge in [-0.25, -0.2) is 0 Å². The lowest BCUT2D eigenvalue weighted by atomic mass is 10.1. The van der Waals surface area contributed by atoms with Crippen molar-refractivity contribution in [3.8, 4) is 0 Å². The molecule has 1 heterocycles. The topological polar surface area (TPSA) is 38.0 Å². The second-order valence-corrected chi connectivity index (χ2v) is 5.14. The molecule has 1 unspecified atom stereocenters. The lowest BCUT2D eigenvalue weighted by Crippen LogP contribution is -2.25. The summed E-state index contributed by atoms with van der Waals surface area (Å²) in [6.07, 6.45) is 0. The summed E-state index contributed by atoms with van der Waals surface area (Å²) >= 11 is 1.88. The van der Waals surface area contributed by atoms with Crippen molar-refractivity contribution < 1.29 is 0 Å². The number of aryl methyl sites for hydroxylation is 1. The second-order valence-electron chi connectivity index (χ2n) is 4.05. The molecule has 0 aliphatic heterocycles. The summed E-state index contributed by atoms with van der Waals surface area (Å²) in [5, 5.41) is 4.81. The molecule has 0 radical (unpaired) electrons. The molecular weight excluding hydrogens is 216 g/mol. The highest BCUT2D eigenvalue weighted by atomic mass is 32.1. The third-order valence-electron chi connectivity index (χ3n) is 2.87. The predicted octanol–water partition coefficient (Wildman–Crippen LogP) is 2.82. The number of fused-ring (bicyclic) bond motifs is 1. The van der Waals surface area contributed by atoms with Crippen molar-refractivity contribution >= 4 is 21.4 Å². The average Bonchev–Trinajstić information content (AvgIpc) is 2.64. The molecule has 0 saturated heterocycles. The van der Waals surface area contributed by atoms with E-state index in [2.05, 4.69) is 43.4 Å². The van der Waals surface area contributed by atoms with Gasteiger partial charge in [-0.2, -0.15) is 0 Å². The maximum absolute atomic E-state index is 5.51. The van der Waals surface area contributed by atoms with E-state index >= 15 is 0 Å². The Labute approximate surface area is 100 Å². The van der Waals surface area contributed by atoms with Gasteiger partial charge in [0.1, 0.15) is 0 Å². The van der Waals surface area contributed by atoms with Crippen molar-refractivity contribution in [2.24, 2.45) is 5.73 Å². The molecule has 2 aromatic rings. The van der Waals surface area contributed by atoms with Gasteiger partial charge < -0.3 is 11.1 Å². The molecule has 2 nitrogen and oxygen atoms in total. The van der Waals surface area contributed by atoms with Crippen LogP contribution in [0.1, 0.15) is 23.4 Å². The Bertz CT molecular complexity index is 476. The van der Waals surface area contributed by atoms with E-state index in [1.165, 1.54) is 20.5 Å². The first-order valence-electron chi connectivity index (χ1n) is 5.65. The molecule has 0 fully saturated rings. The van der Waals surface area contributed by atoms with Crippen LogP contribution in [0.15, 0.2) is 24.3 Å². The normalized spacial score (nSPS) is 13.2. The van der Waals surface area contributed by atoms with Gasteiger partial charge in [-0.05, 0) is 30.9 Å². The number of nitrogens with one attached hydrogen (secondary N) is 1. The highest BCUT2D eigenvalue weighted by Crippen LogP contribution is 2.34. The number of benzene rings is 1. The Morgan fingerprint density at radius 3 is 2.81 bits per heavy atom. The van der Waals surface area contributed by atoms with Crippen molar-refractivity contribution in [1.29, 1.82) is 0 Å². The Morgan fingerprint density at radius 2 is 2.12 bits per heavy atom. The van der Waals surface area contributed by atoms with Gasteiger partial charge in [0.2, 0.25) is 0 Å². The van der Waals surface area contributed by atoms with Crippen molar-refractivity contribution in [2.45, 2.75) is 19.9 Å². The van der Waals surface area contributed by atoms with Gasteiger partial charge >= 0.3 is 0 Å². The molecule has 0 amide bonds. The molecule has 3 N–H and O–H groups in total. The third-order valence-corrected chi connectivity index (χ3v) is 4.32. The number of rotatable bonds is 4. The molecular formula is C13H18N2S. The van der Waals surface area contributed by atoms with E-state index < -0.39 is 0 Å². The highest BCUT2D eigenvalue weighted by Gasteiger charge is 2.13. The minimum atomic E-state index is 0.390. The van der Waals surface area contributed by atoms with Gasteiger partial charge in [0.05, 0.1) is 0 Å². The van der Waals surface area contributed by atoms with Crippen molar-refractivity contribution in [2.75, 3.05) is 13.1 Å². The molecule has 16 heavy (non-hydrogen) atoms. The molecule has 0 saturated carbocycles. The molecule has 1 aromatic heterocycles. The molecule has 1 atom stereocenters. The van der Waals surface area contributed by atoms with Crippen LogP contribution in [-0.2, 0) is 0 Å². The van der Waals surface area contributed by atoms with Crippen LogP contribution in [0.3, 0.4) is 0 Å². The molecule has 0 bridgehead atoms. The van der Waals surface area contributed by atoms with Crippen LogP contribution >= 0.6 is 11.3 Å². The van der Waals surface area contributed by atoms with E-state index in [9.17, 15) is 0 Å². The Hall–Kier alpha value is -0.900. The molecule has 0 aliphatic carbocycles. The van der Waals surface area contributed by atoms with Crippen LogP contribution in [0.4, 0.5) is 0 Å². The van der Waals surface area contributed by atoms with E-state index in [0.717, 1.165) is 6.54 Å². The van der Waals surface area contributed by atoms with Gasteiger partial charge in [0, 0.05) is 28.7 Å². The SMILES string of the molecule is Cc1c(C(C)NCCN)sc2ccccc12. The van der Waals surface area contributed by atoms with Gasteiger partial charge in [-0.3, -0.25) is 0 Å². The van der Waals surface area contributed by atoms with Crippen LogP contribution in [-0.4, -0.2) is 13.1 Å². The third kappa shape index (κ3) is 2.12. The zero-order valence-electron chi connectivity index (χ0n) is 9.79. The van der Waals surface area contributed by atoms with Crippen molar-refractivity contribution in [1.82, 2.24) is 5.32 Å². The van der Waals surface area contributed by atoms with Gasteiger partial charge in [0.15, 0.2) is 0 Å². The fourth-order valence-electron chi connectivity index (χ4n) is 2.00. The van der Waals surface area contributed by atoms with Gasteiger partial charge in [0.25, 0.3) is 0 Å². The second kappa shape index (κ2) is 4.95. The van der Waals surface area contributed by atoms with Crippen LogP contribution < -0.4 is 11.1 Å². The van der Waals surface area contributed by atoms with Gasteiger partial charge in [-0.1, -0.05) is 18.2 Å². The van der Waals surface area contributed by atoms with Crippen LogP contribution in [0, 0.1) is 6.92 Å². The molecule has 1 aromatic carbocycles. The fraction of sp³-hybridized carbons (Fsp3) is 0.385. The minimum Gasteiger partial charge on any atom is -0.329 e. The number of thiophene rings is 1. The van der Waals surface area contributed by atoms with Crippen LogP contribution in [0.2, 0.25) is 0 Å². The molecule has 0 aliphatic rings. The summed E-state index contributed by atoms with van der Waals surface area (Å²) in [6.45, 7) is 5.96. The average molecular weight is 234 g/mol. The summed E-state index contributed by atoms with van der Waals surface area (Å²) < 4.78 is 1.37. The summed E-state index contributed by atoms with van der Waals surface area (Å²) in [5.41, 5.74) is 6.91. The number of nitrogens with two attached hydrogens (primary N) is 1. The summed E-state index contributed by atoms with van der Waals surface area (Å²) in [5.74, 6) is 0. The van der Waals surface area contributed by atoms with E-state index in [0.29, 0.717) is 12.6 Å². The van der Waals surface area contributed by atoms with E-state index in [1.54, 1.807) is 0 Å². The van der Waals surface area contributed by atoms with Crippen LogP contribution in [0.5, 0.6) is 0 Å². The van der Waals surface area contributed by atoms with E-state index in [1.807, 2.05) is 11.3 Å². The largest absolute Gasteiger partial charge is 0.329 e. The summed E-state index contributed by atoms with van der Waals surface area (Å²) in [6, 6.07) is 8.97. The maximum Gasteiger partial charge on any atom is 0.0389 e. The Kier molecular flexibility index (Phi) is 3.59. The fourth-order valence-corrected chi connectivity index (χ4v) is 3.24. The predicted molar refractivity (Wildman–Crippen MR) is 72.0 cm³/mol. The monoisotopic (exact) mass is 234 g/mol. The first kappa shape index (κ1) is 11.6. The quantitative estimate of drug-likeness (QED) is 0.853. The first-order chi connectivity index (χ1) is 7.74. The molecule has 86 valence electrons. The zero-order valence-corrected chi connectivity index (χ0v) is 10.6. The lowest BCUT2D eigenvalue weighted by Gasteiger charge is -2.12. The molecule has 0 spiro atoms. The Morgan fingerprint density at radius 1 is 1.38 bits per heavy atom. The molecule has 3 heteroatoms. The van der Waals surface area contributed by atoms with Crippen molar-refractivity contribution in [3.05, 3.63) is 34.7 Å². The van der Waals surface area contributed by atoms with E-state index in [-0.39, 0.29) is 0 Å². The summed E-state index contributed by atoms with van der Waals surface area (Å²) in [4.78, 5) is 1.43. The Balaban J connectivity index is 2.33. The number of hydrogen-bond donors (Lipinski definition) is 2.